The van der Waals surface area contributed by atoms with Crippen molar-refractivity contribution in [2.45, 2.75) is 6.92 Å². The van der Waals surface area contributed by atoms with Crippen molar-refractivity contribution in [3.05, 3.63) is 36.2 Å². The Kier molecular flexibility index (Phi) is 5.84. The summed E-state index contributed by atoms with van der Waals surface area (Å²) in [6.45, 7) is 6.89. The Morgan fingerprint density at radius 2 is 2.18 bits per heavy atom. The lowest BCUT2D eigenvalue weighted by atomic mass is 10.3. The number of carbonyl (C=O) groups is 1. The first-order valence-corrected chi connectivity index (χ1v) is 10.1. The number of amides is 1. The fraction of sp³-hybridized carbons (Fsp3) is 0.421. The van der Waals surface area contributed by atoms with Crippen LogP contribution in [-0.2, 0) is 4.74 Å². The standard InChI is InChI=1S/C19H22N4O4S/c1-2-26-14-4-3-5-16-17(14)21-19(28-16)23(18(24)15-6-7-20-27-15)9-8-22-10-12-25-13-11-22/h3-7H,2,8-13H2,1H3. The number of thiazole rings is 1. The largest absolute Gasteiger partial charge is 0.492 e. The molecule has 8 nitrogen and oxygen atoms in total. The van der Waals surface area contributed by atoms with E-state index in [9.17, 15) is 4.79 Å². The second kappa shape index (κ2) is 8.68. The maximum Gasteiger partial charge on any atom is 0.298 e. The van der Waals surface area contributed by atoms with Gasteiger partial charge in [0.25, 0.3) is 5.91 Å². The van der Waals surface area contributed by atoms with Gasteiger partial charge in [0.05, 0.1) is 30.7 Å². The van der Waals surface area contributed by atoms with Crippen LogP contribution in [0.4, 0.5) is 5.13 Å². The number of nitrogens with zero attached hydrogens (tertiary/aromatic N) is 4. The van der Waals surface area contributed by atoms with E-state index in [1.807, 2.05) is 25.1 Å². The van der Waals surface area contributed by atoms with E-state index in [0.29, 0.717) is 18.3 Å². The normalized spacial score (nSPS) is 15.0. The Balaban J connectivity index is 1.63. The van der Waals surface area contributed by atoms with Crippen molar-refractivity contribution in [1.29, 1.82) is 0 Å². The van der Waals surface area contributed by atoms with Gasteiger partial charge in [-0.2, -0.15) is 0 Å². The Morgan fingerprint density at radius 1 is 1.32 bits per heavy atom. The van der Waals surface area contributed by atoms with Crippen molar-refractivity contribution in [2.24, 2.45) is 0 Å². The maximum absolute atomic E-state index is 13.1. The van der Waals surface area contributed by atoms with Gasteiger partial charge in [0.2, 0.25) is 5.76 Å². The zero-order valence-corrected chi connectivity index (χ0v) is 16.5. The first-order chi connectivity index (χ1) is 13.8. The van der Waals surface area contributed by atoms with Crippen LogP contribution in [-0.4, -0.2) is 66.9 Å². The minimum absolute atomic E-state index is 0.200. The zero-order valence-electron chi connectivity index (χ0n) is 15.7. The molecule has 0 N–H and O–H groups in total. The summed E-state index contributed by atoms with van der Waals surface area (Å²) in [5, 5.41) is 4.29. The Hall–Kier alpha value is -2.49. The quantitative estimate of drug-likeness (QED) is 0.601. The van der Waals surface area contributed by atoms with Gasteiger partial charge in [-0.05, 0) is 19.1 Å². The molecule has 0 unspecified atom stereocenters. The summed E-state index contributed by atoms with van der Waals surface area (Å²) in [5.41, 5.74) is 0.770. The number of para-hydroxylation sites is 1. The number of rotatable bonds is 7. The molecule has 0 aliphatic carbocycles. The van der Waals surface area contributed by atoms with Crippen molar-refractivity contribution in [1.82, 2.24) is 15.0 Å². The zero-order chi connectivity index (χ0) is 19.3. The first kappa shape index (κ1) is 18.9. The fourth-order valence-electron chi connectivity index (χ4n) is 3.11. The molecule has 1 aliphatic rings. The number of ether oxygens (including phenoxy) is 2. The summed E-state index contributed by atoms with van der Waals surface area (Å²) >= 11 is 1.47. The van der Waals surface area contributed by atoms with Crippen LogP contribution < -0.4 is 9.64 Å². The highest BCUT2D eigenvalue weighted by Crippen LogP contribution is 2.34. The highest BCUT2D eigenvalue weighted by molar-refractivity contribution is 7.22. The van der Waals surface area contributed by atoms with E-state index >= 15 is 0 Å². The summed E-state index contributed by atoms with van der Waals surface area (Å²) in [4.78, 5) is 21.7. The molecule has 3 aromatic rings. The van der Waals surface area contributed by atoms with E-state index in [0.717, 1.165) is 48.8 Å². The molecule has 148 valence electrons. The van der Waals surface area contributed by atoms with Crippen LogP contribution in [0.2, 0.25) is 0 Å². The van der Waals surface area contributed by atoms with Crippen LogP contribution in [0, 0.1) is 0 Å². The van der Waals surface area contributed by atoms with E-state index in [4.69, 9.17) is 19.0 Å². The molecule has 9 heteroatoms. The van der Waals surface area contributed by atoms with Crippen molar-refractivity contribution in [2.75, 3.05) is 50.9 Å². The molecule has 1 aliphatic heterocycles. The second-order valence-corrected chi connectivity index (χ2v) is 7.33. The number of hydrogen-bond donors (Lipinski definition) is 0. The molecule has 1 aromatic carbocycles. The molecular weight excluding hydrogens is 380 g/mol. The van der Waals surface area contributed by atoms with Crippen LogP contribution >= 0.6 is 11.3 Å². The minimum Gasteiger partial charge on any atom is -0.492 e. The lowest BCUT2D eigenvalue weighted by Crippen LogP contribution is -2.43. The fourth-order valence-corrected chi connectivity index (χ4v) is 4.12. The van der Waals surface area contributed by atoms with Crippen molar-refractivity contribution >= 4 is 32.6 Å². The number of fused-ring (bicyclic) bond motifs is 1. The monoisotopic (exact) mass is 402 g/mol. The molecule has 28 heavy (non-hydrogen) atoms. The van der Waals surface area contributed by atoms with Gasteiger partial charge in [-0.3, -0.25) is 14.6 Å². The highest BCUT2D eigenvalue weighted by atomic mass is 32.1. The van der Waals surface area contributed by atoms with Gasteiger partial charge in [-0.25, -0.2) is 4.98 Å². The van der Waals surface area contributed by atoms with Crippen molar-refractivity contribution < 1.29 is 18.8 Å². The molecule has 0 saturated carbocycles. The molecular formula is C19H22N4O4S. The van der Waals surface area contributed by atoms with E-state index in [1.165, 1.54) is 17.5 Å². The summed E-state index contributed by atoms with van der Waals surface area (Å²) in [6, 6.07) is 7.39. The molecule has 1 fully saturated rings. The third kappa shape index (κ3) is 4.01. The molecule has 0 atom stereocenters. The van der Waals surface area contributed by atoms with E-state index in [-0.39, 0.29) is 11.7 Å². The molecule has 1 saturated heterocycles. The smallest absolute Gasteiger partial charge is 0.298 e. The van der Waals surface area contributed by atoms with Gasteiger partial charge in [0.15, 0.2) is 5.13 Å². The van der Waals surface area contributed by atoms with Crippen LogP contribution in [0.3, 0.4) is 0 Å². The topological polar surface area (TPSA) is 80.9 Å². The molecule has 4 rings (SSSR count). The van der Waals surface area contributed by atoms with E-state index < -0.39 is 0 Å². The summed E-state index contributed by atoms with van der Waals surface area (Å²) in [7, 11) is 0. The van der Waals surface area contributed by atoms with Gasteiger partial charge in [-0.1, -0.05) is 22.6 Å². The maximum atomic E-state index is 13.1. The summed E-state index contributed by atoms with van der Waals surface area (Å²) < 4.78 is 17.2. The highest BCUT2D eigenvalue weighted by Gasteiger charge is 2.25. The number of benzene rings is 1. The van der Waals surface area contributed by atoms with E-state index in [2.05, 4.69) is 10.1 Å². The Morgan fingerprint density at radius 3 is 2.93 bits per heavy atom. The average Bonchev–Trinajstić information content (AvgIpc) is 3.39. The number of carbonyl (C=O) groups excluding carboxylic acids is 1. The molecule has 0 radical (unpaired) electrons. The predicted molar refractivity (Wildman–Crippen MR) is 106 cm³/mol. The number of hydrogen-bond acceptors (Lipinski definition) is 8. The lowest BCUT2D eigenvalue weighted by molar-refractivity contribution is 0.0390. The van der Waals surface area contributed by atoms with Crippen LogP contribution in [0.25, 0.3) is 10.2 Å². The SMILES string of the molecule is CCOc1cccc2sc(N(CCN3CCOCC3)C(=O)c3ccno3)nc12. The third-order valence-electron chi connectivity index (χ3n) is 4.54. The molecule has 0 bridgehead atoms. The summed E-state index contributed by atoms with van der Waals surface area (Å²) in [5.74, 6) is 0.678. The van der Waals surface area contributed by atoms with Gasteiger partial charge >= 0.3 is 0 Å². The van der Waals surface area contributed by atoms with Gasteiger partial charge < -0.3 is 14.0 Å². The second-order valence-electron chi connectivity index (χ2n) is 6.32. The van der Waals surface area contributed by atoms with E-state index in [1.54, 1.807) is 11.0 Å². The van der Waals surface area contributed by atoms with Crippen LogP contribution in [0.15, 0.2) is 35.0 Å². The number of morpholine rings is 1. The molecule has 3 heterocycles. The summed E-state index contributed by atoms with van der Waals surface area (Å²) in [6.07, 6.45) is 1.47. The van der Waals surface area contributed by atoms with Crippen molar-refractivity contribution in [3.8, 4) is 5.75 Å². The van der Waals surface area contributed by atoms with Crippen LogP contribution in [0.1, 0.15) is 17.5 Å². The van der Waals surface area contributed by atoms with Crippen molar-refractivity contribution in [3.63, 3.8) is 0 Å². The molecule has 1 amide bonds. The molecule has 2 aromatic heterocycles. The minimum atomic E-state index is -0.247. The van der Waals surface area contributed by atoms with Gasteiger partial charge in [0.1, 0.15) is 11.3 Å². The number of anilines is 1. The Labute approximate surface area is 166 Å². The third-order valence-corrected chi connectivity index (χ3v) is 5.58. The number of aromatic nitrogens is 2. The first-order valence-electron chi connectivity index (χ1n) is 9.31. The van der Waals surface area contributed by atoms with Crippen LogP contribution in [0.5, 0.6) is 5.75 Å². The Bertz CT molecular complexity index is 921. The van der Waals surface area contributed by atoms with Gasteiger partial charge in [-0.15, -0.1) is 0 Å². The van der Waals surface area contributed by atoms with Gasteiger partial charge in [0, 0.05) is 32.2 Å². The predicted octanol–water partition coefficient (Wildman–Crippen LogP) is 2.66. The lowest BCUT2D eigenvalue weighted by Gasteiger charge is -2.28. The molecule has 0 spiro atoms. The average molecular weight is 402 g/mol.